The minimum absolute atomic E-state index is 0.313. The van der Waals surface area contributed by atoms with Gasteiger partial charge in [-0.25, -0.2) is 0 Å². The number of aromatic nitrogens is 1. The molecule has 2 rings (SSSR count). The van der Waals surface area contributed by atoms with E-state index in [-0.39, 0.29) is 0 Å². The van der Waals surface area contributed by atoms with Gasteiger partial charge in [-0.3, -0.25) is 4.98 Å². The van der Waals surface area contributed by atoms with Gasteiger partial charge in [0.05, 0.1) is 11.7 Å². The Hall–Kier alpha value is -2.16. The van der Waals surface area contributed by atoms with Gasteiger partial charge in [-0.2, -0.15) is 0 Å². The van der Waals surface area contributed by atoms with Crippen LogP contribution in [-0.4, -0.2) is 11.0 Å². The number of aryl methyl sites for hydroxylation is 2. The molecule has 0 unspecified atom stereocenters. The van der Waals surface area contributed by atoms with Crippen molar-refractivity contribution in [3.8, 4) is 11.3 Å². The van der Waals surface area contributed by atoms with Crippen LogP contribution in [0.1, 0.15) is 93.1 Å². The maximum Gasteiger partial charge on any atom is 0.0718 e. The molecule has 1 aromatic carbocycles. The molecular formula is C25H34NO2-. The first kappa shape index (κ1) is 22.1. The topological polar surface area (TPSA) is 53.0 Å². The van der Waals surface area contributed by atoms with Gasteiger partial charge in [0.1, 0.15) is 0 Å². The summed E-state index contributed by atoms with van der Waals surface area (Å²) in [5.74, 6) is -1.09. The number of unbranched alkanes of at least 4 members (excludes halogenated alkanes) is 7. The normalized spacial score (nSPS) is 10.9. The molecule has 152 valence electrons. The van der Waals surface area contributed by atoms with Crippen molar-refractivity contribution in [1.29, 1.82) is 0 Å². The molecule has 0 aliphatic carbocycles. The fraction of sp³-hybridized carbons (Fsp3) is 0.520. The number of hydrogen-bond acceptors (Lipinski definition) is 3. The average Bonchev–Trinajstić information content (AvgIpc) is 2.71. The quantitative estimate of drug-likeness (QED) is 0.416. The summed E-state index contributed by atoms with van der Waals surface area (Å²) in [6, 6.07) is 9.68. The molecule has 0 radical (unpaired) electrons. The zero-order valence-corrected chi connectivity index (χ0v) is 17.5. The van der Waals surface area contributed by atoms with Crippen molar-refractivity contribution >= 4 is 5.97 Å². The molecule has 0 bridgehead atoms. The summed E-state index contributed by atoms with van der Waals surface area (Å²) in [4.78, 5) is 16.1. The first-order valence-corrected chi connectivity index (χ1v) is 10.9. The summed E-state index contributed by atoms with van der Waals surface area (Å²) >= 11 is 0. The summed E-state index contributed by atoms with van der Waals surface area (Å²) in [5.41, 5.74) is 4.31. The summed E-state index contributed by atoms with van der Waals surface area (Å²) in [7, 11) is 0. The Morgan fingerprint density at radius 2 is 1.54 bits per heavy atom. The first-order valence-electron chi connectivity index (χ1n) is 10.9. The van der Waals surface area contributed by atoms with Gasteiger partial charge in [0.15, 0.2) is 0 Å². The molecule has 3 heteroatoms. The van der Waals surface area contributed by atoms with Gasteiger partial charge >= 0.3 is 0 Å². The highest BCUT2D eigenvalue weighted by atomic mass is 16.4. The predicted molar refractivity (Wildman–Crippen MR) is 114 cm³/mol. The van der Waals surface area contributed by atoms with Crippen molar-refractivity contribution in [1.82, 2.24) is 4.98 Å². The van der Waals surface area contributed by atoms with Crippen molar-refractivity contribution in [2.24, 2.45) is 0 Å². The fourth-order valence-corrected chi connectivity index (χ4v) is 3.58. The van der Waals surface area contributed by atoms with Crippen LogP contribution in [0.25, 0.3) is 11.3 Å². The van der Waals surface area contributed by atoms with Crippen LogP contribution < -0.4 is 5.11 Å². The van der Waals surface area contributed by atoms with Crippen LogP contribution in [0.4, 0.5) is 0 Å². The Bertz CT molecular complexity index is 722. The van der Waals surface area contributed by atoms with Crippen molar-refractivity contribution in [2.45, 2.75) is 84.5 Å². The molecular weight excluding hydrogens is 346 g/mol. The summed E-state index contributed by atoms with van der Waals surface area (Å²) < 4.78 is 0. The van der Waals surface area contributed by atoms with Crippen LogP contribution in [0.3, 0.4) is 0 Å². The predicted octanol–water partition coefficient (Wildman–Crippen LogP) is 5.75. The molecule has 0 N–H and O–H groups in total. The van der Waals surface area contributed by atoms with Gasteiger partial charge < -0.3 is 9.90 Å². The van der Waals surface area contributed by atoms with E-state index in [1.807, 2.05) is 24.4 Å². The number of rotatable bonds is 13. The van der Waals surface area contributed by atoms with Gasteiger partial charge in [0.25, 0.3) is 0 Å². The number of carbonyl (C=O) groups excluding carboxylic acids is 1. The second kappa shape index (κ2) is 12.3. The van der Waals surface area contributed by atoms with Crippen LogP contribution in [0.2, 0.25) is 0 Å². The number of pyridine rings is 1. The number of nitrogens with zero attached hydrogens (tertiary/aromatic N) is 1. The van der Waals surface area contributed by atoms with E-state index in [2.05, 4.69) is 24.9 Å². The van der Waals surface area contributed by atoms with Crippen LogP contribution in [0.15, 0.2) is 36.5 Å². The molecule has 0 spiro atoms. The smallest absolute Gasteiger partial charge is 0.0718 e. The molecule has 0 amide bonds. The first-order chi connectivity index (χ1) is 13.7. The Morgan fingerprint density at radius 1 is 0.857 bits per heavy atom. The van der Waals surface area contributed by atoms with Gasteiger partial charge in [-0.05, 0) is 48.9 Å². The maximum absolute atomic E-state index is 11.5. The minimum atomic E-state index is -1.09. The fourth-order valence-electron chi connectivity index (χ4n) is 3.58. The van der Waals surface area contributed by atoms with E-state index in [0.717, 1.165) is 42.5 Å². The summed E-state index contributed by atoms with van der Waals surface area (Å²) in [6.45, 7) is 4.42. The highest BCUT2D eigenvalue weighted by Gasteiger charge is 2.08. The third-order valence-corrected chi connectivity index (χ3v) is 5.31. The monoisotopic (exact) mass is 380 g/mol. The maximum atomic E-state index is 11.5. The Labute approximate surface area is 170 Å². The van der Waals surface area contributed by atoms with E-state index in [1.165, 1.54) is 50.5 Å². The molecule has 0 aliphatic rings. The molecule has 1 heterocycles. The summed E-state index contributed by atoms with van der Waals surface area (Å²) in [5, 5.41) is 11.5. The number of aromatic carboxylic acids is 1. The van der Waals surface area contributed by atoms with Crippen molar-refractivity contribution in [2.75, 3.05) is 0 Å². The standard InChI is InChI=1S/C25H35NO2/c1-3-5-7-8-9-11-13-21-18-22(15-16-23(21)25(27)28)24-17-14-20(19-26-24)12-10-6-4-2/h14-19H,3-13H2,1-2H3,(H,27,28)/p-1. The van der Waals surface area contributed by atoms with Gasteiger partial charge in [-0.1, -0.05) is 77.0 Å². The zero-order valence-electron chi connectivity index (χ0n) is 17.5. The lowest BCUT2D eigenvalue weighted by Gasteiger charge is -2.13. The third-order valence-electron chi connectivity index (χ3n) is 5.31. The zero-order chi connectivity index (χ0) is 20.2. The third kappa shape index (κ3) is 7.10. The van der Waals surface area contributed by atoms with E-state index in [9.17, 15) is 9.90 Å². The number of benzene rings is 1. The molecule has 0 fully saturated rings. The van der Waals surface area contributed by atoms with Crippen LogP contribution in [0.5, 0.6) is 0 Å². The molecule has 0 aliphatic heterocycles. The molecule has 0 saturated carbocycles. The Kier molecular flexibility index (Phi) is 9.74. The lowest BCUT2D eigenvalue weighted by molar-refractivity contribution is -0.255. The SMILES string of the molecule is CCCCCCCCc1cc(-c2ccc(CCCCC)cn2)ccc1C(=O)[O-]. The summed E-state index contributed by atoms with van der Waals surface area (Å²) in [6.07, 6.45) is 14.6. The van der Waals surface area contributed by atoms with Gasteiger partial charge in [0, 0.05) is 17.3 Å². The Morgan fingerprint density at radius 3 is 2.21 bits per heavy atom. The highest BCUT2D eigenvalue weighted by molar-refractivity contribution is 5.88. The average molecular weight is 381 g/mol. The number of carboxylic acids is 1. The molecule has 2 aromatic rings. The minimum Gasteiger partial charge on any atom is -0.545 e. The van der Waals surface area contributed by atoms with Crippen molar-refractivity contribution in [3.05, 3.63) is 53.2 Å². The van der Waals surface area contributed by atoms with E-state index in [0.29, 0.717) is 5.56 Å². The number of carbonyl (C=O) groups is 1. The second-order valence-electron chi connectivity index (χ2n) is 7.69. The highest BCUT2D eigenvalue weighted by Crippen LogP contribution is 2.23. The van der Waals surface area contributed by atoms with Crippen molar-refractivity contribution < 1.29 is 9.90 Å². The molecule has 1 aromatic heterocycles. The number of hydrogen-bond donors (Lipinski definition) is 0. The lowest BCUT2D eigenvalue weighted by atomic mass is 9.96. The van der Waals surface area contributed by atoms with Crippen molar-refractivity contribution in [3.63, 3.8) is 0 Å². The van der Waals surface area contributed by atoms with Crippen LogP contribution >= 0.6 is 0 Å². The molecule has 3 nitrogen and oxygen atoms in total. The number of carboxylic acid groups (broad SMARTS) is 1. The van der Waals surface area contributed by atoms with Crippen LogP contribution in [-0.2, 0) is 12.8 Å². The molecule has 0 atom stereocenters. The second-order valence-corrected chi connectivity index (χ2v) is 7.69. The van der Waals surface area contributed by atoms with E-state index in [4.69, 9.17) is 0 Å². The van der Waals surface area contributed by atoms with E-state index >= 15 is 0 Å². The van der Waals surface area contributed by atoms with Gasteiger partial charge in [-0.15, -0.1) is 0 Å². The largest absolute Gasteiger partial charge is 0.545 e. The van der Waals surface area contributed by atoms with Gasteiger partial charge in [0.2, 0.25) is 0 Å². The van der Waals surface area contributed by atoms with E-state index < -0.39 is 5.97 Å². The molecule has 28 heavy (non-hydrogen) atoms. The Balaban J connectivity index is 2.05. The lowest BCUT2D eigenvalue weighted by Crippen LogP contribution is -2.23. The molecule has 0 saturated heterocycles. The van der Waals surface area contributed by atoms with Crippen LogP contribution in [0, 0.1) is 0 Å². The van der Waals surface area contributed by atoms with E-state index in [1.54, 1.807) is 6.07 Å².